The largest absolute Gasteiger partial charge is 0.324 e. The molecule has 1 aromatic carbocycles. The summed E-state index contributed by atoms with van der Waals surface area (Å²) in [5.74, 6) is 0.0140. The molecule has 0 bridgehead atoms. The van der Waals surface area contributed by atoms with Gasteiger partial charge in [-0.3, -0.25) is 14.9 Å². The average molecular weight is 530 g/mol. The number of carbonyl (C=O) groups is 3. The second-order valence-electron chi connectivity index (χ2n) is 10.4. The highest BCUT2D eigenvalue weighted by atomic mass is 32.1. The van der Waals surface area contributed by atoms with Crippen LogP contribution in [-0.4, -0.2) is 65.7 Å². The first-order valence-corrected chi connectivity index (χ1v) is 13.7. The summed E-state index contributed by atoms with van der Waals surface area (Å²) in [6, 6.07) is 6.23. The number of urea groups is 1. The van der Waals surface area contributed by atoms with Crippen LogP contribution in [0.1, 0.15) is 54.0 Å². The van der Waals surface area contributed by atoms with Crippen molar-refractivity contribution in [3.8, 4) is 0 Å². The van der Waals surface area contributed by atoms with Crippen LogP contribution in [-0.2, 0) is 11.2 Å². The number of hydrogen-bond acceptors (Lipinski definition) is 7. The SMILES string of the molecule is CC(=O)c1sc(NC(=O)N[C@@]2(C(C)=O)CNCC[C@H]2CN2CCC[C@@H](Cc3ccc(F)cc3)C2)nc1C. The molecule has 4 rings (SSSR count). The molecule has 0 spiro atoms. The number of piperidine rings is 2. The fraction of sp³-hybridized carbons (Fsp3) is 0.556. The van der Waals surface area contributed by atoms with E-state index in [-0.39, 0.29) is 23.3 Å². The number of aromatic nitrogens is 1. The molecule has 10 heteroatoms. The van der Waals surface area contributed by atoms with E-state index in [0.717, 1.165) is 62.2 Å². The van der Waals surface area contributed by atoms with E-state index in [1.165, 1.54) is 26.0 Å². The molecule has 37 heavy (non-hydrogen) atoms. The van der Waals surface area contributed by atoms with Crippen molar-refractivity contribution >= 4 is 34.1 Å². The molecule has 2 saturated heterocycles. The molecule has 3 heterocycles. The second-order valence-corrected chi connectivity index (χ2v) is 11.4. The Labute approximate surface area is 221 Å². The maximum absolute atomic E-state index is 13.3. The van der Waals surface area contributed by atoms with Crippen LogP contribution < -0.4 is 16.0 Å². The maximum Gasteiger partial charge on any atom is 0.321 e. The number of rotatable bonds is 8. The number of halogens is 1. The zero-order valence-corrected chi connectivity index (χ0v) is 22.5. The van der Waals surface area contributed by atoms with Gasteiger partial charge >= 0.3 is 6.03 Å². The Morgan fingerprint density at radius 2 is 1.97 bits per heavy atom. The van der Waals surface area contributed by atoms with E-state index < -0.39 is 11.6 Å². The fourth-order valence-corrected chi connectivity index (χ4v) is 6.56. The summed E-state index contributed by atoms with van der Waals surface area (Å²) < 4.78 is 13.3. The van der Waals surface area contributed by atoms with Crippen molar-refractivity contribution in [2.45, 2.75) is 52.0 Å². The second kappa shape index (κ2) is 11.8. The zero-order chi connectivity index (χ0) is 26.6. The van der Waals surface area contributed by atoms with Gasteiger partial charge in [-0.15, -0.1) is 0 Å². The summed E-state index contributed by atoms with van der Waals surface area (Å²) >= 11 is 1.13. The van der Waals surface area contributed by atoms with Gasteiger partial charge in [0.05, 0.1) is 10.6 Å². The smallest absolute Gasteiger partial charge is 0.321 e. The molecule has 3 atom stereocenters. The van der Waals surface area contributed by atoms with Crippen LogP contribution in [0.3, 0.4) is 0 Å². The van der Waals surface area contributed by atoms with Crippen LogP contribution in [0.25, 0.3) is 0 Å². The van der Waals surface area contributed by atoms with E-state index in [4.69, 9.17) is 0 Å². The Morgan fingerprint density at radius 1 is 1.22 bits per heavy atom. The summed E-state index contributed by atoms with van der Waals surface area (Å²) in [5, 5.41) is 9.35. The lowest BCUT2D eigenvalue weighted by Crippen LogP contribution is -2.69. The number of nitrogens with zero attached hydrogens (tertiary/aromatic N) is 2. The van der Waals surface area contributed by atoms with Crippen LogP contribution in [0.4, 0.5) is 14.3 Å². The van der Waals surface area contributed by atoms with E-state index in [9.17, 15) is 18.8 Å². The number of Topliss-reactive ketones (excluding diaryl/α,β-unsaturated/α-hetero) is 2. The molecule has 2 aliphatic heterocycles. The molecule has 1 aromatic heterocycles. The molecule has 0 aliphatic carbocycles. The van der Waals surface area contributed by atoms with Crippen LogP contribution in [0.5, 0.6) is 0 Å². The summed E-state index contributed by atoms with van der Waals surface area (Å²) in [7, 11) is 0. The summed E-state index contributed by atoms with van der Waals surface area (Å²) in [6.07, 6.45) is 3.86. The molecule has 8 nitrogen and oxygen atoms in total. The average Bonchev–Trinajstić information content (AvgIpc) is 3.22. The molecule has 2 aromatic rings. The van der Waals surface area contributed by atoms with E-state index in [0.29, 0.717) is 34.7 Å². The number of benzene rings is 1. The van der Waals surface area contributed by atoms with Crippen LogP contribution in [0.2, 0.25) is 0 Å². The van der Waals surface area contributed by atoms with Crippen molar-refractivity contribution in [1.29, 1.82) is 0 Å². The van der Waals surface area contributed by atoms with Gasteiger partial charge < -0.3 is 15.5 Å². The Balaban J connectivity index is 1.43. The lowest BCUT2D eigenvalue weighted by atomic mass is 9.75. The predicted molar refractivity (Wildman–Crippen MR) is 143 cm³/mol. The zero-order valence-electron chi connectivity index (χ0n) is 21.7. The van der Waals surface area contributed by atoms with Gasteiger partial charge in [0.2, 0.25) is 0 Å². The van der Waals surface area contributed by atoms with Gasteiger partial charge in [0.1, 0.15) is 11.4 Å². The molecular weight excluding hydrogens is 493 g/mol. The van der Waals surface area contributed by atoms with Gasteiger partial charge in [0, 0.05) is 32.5 Å². The molecule has 3 N–H and O–H groups in total. The standard InChI is InChI=1S/C27H36FN5O3S/c1-17-24(18(2)34)37-26(30-17)31-25(36)32-27(19(3)35)16-29-11-10-22(27)15-33-12-4-5-21(14-33)13-20-6-8-23(28)9-7-20/h6-9,21-22,29H,4-5,10-16H2,1-3H3,(H2,30,31,32,36)/t21-,22-,27+/m0/s1. The predicted octanol–water partition coefficient (Wildman–Crippen LogP) is 3.81. The number of hydrogen-bond donors (Lipinski definition) is 3. The van der Waals surface area contributed by atoms with Gasteiger partial charge in [0.15, 0.2) is 16.7 Å². The van der Waals surface area contributed by atoms with Crippen LogP contribution >= 0.6 is 11.3 Å². The summed E-state index contributed by atoms with van der Waals surface area (Å²) in [6.45, 7) is 8.46. The minimum Gasteiger partial charge on any atom is -0.324 e. The Kier molecular flexibility index (Phi) is 8.71. The van der Waals surface area contributed by atoms with Gasteiger partial charge in [-0.1, -0.05) is 23.5 Å². The van der Waals surface area contributed by atoms with Crippen molar-refractivity contribution in [3.05, 3.63) is 46.2 Å². The number of thiazole rings is 1. The van der Waals surface area contributed by atoms with Crippen molar-refractivity contribution in [2.75, 3.05) is 38.0 Å². The van der Waals surface area contributed by atoms with E-state index in [1.807, 2.05) is 12.1 Å². The van der Waals surface area contributed by atoms with Crippen LogP contribution in [0, 0.1) is 24.6 Å². The quantitative estimate of drug-likeness (QED) is 0.450. The topological polar surface area (TPSA) is 103 Å². The summed E-state index contributed by atoms with van der Waals surface area (Å²) in [4.78, 5) is 45.1. The lowest BCUT2D eigenvalue weighted by molar-refractivity contribution is -0.126. The van der Waals surface area contributed by atoms with Gasteiger partial charge in [0.25, 0.3) is 0 Å². The molecule has 200 valence electrons. The molecular formula is C27H36FN5O3S. The number of anilines is 1. The van der Waals surface area contributed by atoms with Crippen molar-refractivity contribution in [1.82, 2.24) is 20.5 Å². The van der Waals surface area contributed by atoms with Crippen molar-refractivity contribution in [2.24, 2.45) is 11.8 Å². The number of ketones is 2. The van der Waals surface area contributed by atoms with E-state index >= 15 is 0 Å². The van der Waals surface area contributed by atoms with Gasteiger partial charge in [-0.2, -0.15) is 0 Å². The minimum absolute atomic E-state index is 0.0487. The minimum atomic E-state index is -1.04. The van der Waals surface area contributed by atoms with Crippen LogP contribution in [0.15, 0.2) is 24.3 Å². The molecule has 0 radical (unpaired) electrons. The molecule has 0 unspecified atom stereocenters. The number of nitrogens with one attached hydrogen (secondary N) is 3. The fourth-order valence-electron chi connectivity index (χ4n) is 5.70. The Hall–Kier alpha value is -2.69. The molecule has 2 fully saturated rings. The molecule has 2 amide bonds. The number of likely N-dealkylation sites (tertiary alicyclic amines) is 1. The first-order chi connectivity index (χ1) is 17.7. The van der Waals surface area contributed by atoms with Gasteiger partial charge in [-0.25, -0.2) is 14.2 Å². The van der Waals surface area contributed by atoms with E-state index in [1.54, 1.807) is 6.92 Å². The third-order valence-electron chi connectivity index (χ3n) is 7.59. The number of aryl methyl sites for hydroxylation is 1. The Bertz CT molecular complexity index is 1140. The van der Waals surface area contributed by atoms with Gasteiger partial charge in [-0.05, 0) is 76.2 Å². The first kappa shape index (κ1) is 27.3. The lowest BCUT2D eigenvalue weighted by Gasteiger charge is -2.46. The Morgan fingerprint density at radius 3 is 2.65 bits per heavy atom. The monoisotopic (exact) mass is 529 g/mol. The highest BCUT2D eigenvalue weighted by Crippen LogP contribution is 2.30. The highest BCUT2D eigenvalue weighted by Gasteiger charge is 2.47. The first-order valence-electron chi connectivity index (χ1n) is 12.9. The molecule has 0 saturated carbocycles. The molecule has 2 aliphatic rings. The highest BCUT2D eigenvalue weighted by molar-refractivity contribution is 7.17. The van der Waals surface area contributed by atoms with Crippen molar-refractivity contribution < 1.29 is 18.8 Å². The van der Waals surface area contributed by atoms with E-state index in [2.05, 4.69) is 25.8 Å². The maximum atomic E-state index is 13.3. The third-order valence-corrected chi connectivity index (χ3v) is 8.77. The number of amides is 2. The third kappa shape index (κ3) is 6.61. The normalized spacial score (nSPS) is 24.4. The van der Waals surface area contributed by atoms with Crippen molar-refractivity contribution in [3.63, 3.8) is 0 Å². The summed E-state index contributed by atoms with van der Waals surface area (Å²) in [5.41, 5.74) is 0.672. The number of carbonyl (C=O) groups excluding carboxylic acids is 3.